The first kappa shape index (κ1) is 18.1. The van der Waals surface area contributed by atoms with Crippen LogP contribution in [0.5, 0.6) is 0 Å². The fraction of sp³-hybridized carbons (Fsp3) is 0.615. The summed E-state index contributed by atoms with van der Waals surface area (Å²) >= 11 is 1.07. The molecule has 0 radical (unpaired) electrons. The van der Waals surface area contributed by atoms with Crippen molar-refractivity contribution >= 4 is 27.3 Å². The molecule has 0 fully saturated rings. The van der Waals surface area contributed by atoms with Gasteiger partial charge in [0.2, 0.25) is 10.0 Å². The molecule has 0 atom stereocenters. The highest BCUT2D eigenvalue weighted by Crippen LogP contribution is 2.27. The number of hydrogen-bond donors (Lipinski definition) is 1. The number of nitrogens with zero attached hydrogens (tertiary/aromatic N) is 1. The highest BCUT2D eigenvalue weighted by atomic mass is 32.2. The zero-order valence-electron chi connectivity index (χ0n) is 13.2. The number of carbonyl (C=O) groups is 1. The second kappa shape index (κ2) is 6.43. The minimum Gasteiger partial charge on any atom is -0.465 e. The van der Waals surface area contributed by atoms with Crippen LogP contribution in [-0.2, 0) is 14.8 Å². The normalized spacial score (nSPS) is 12.7. The number of sulfonamides is 1. The van der Waals surface area contributed by atoms with Crippen molar-refractivity contribution in [1.82, 2.24) is 9.62 Å². The molecule has 21 heavy (non-hydrogen) atoms. The average Bonchev–Trinajstić information content (AvgIpc) is 2.78. The van der Waals surface area contributed by atoms with Gasteiger partial charge in [0.1, 0.15) is 9.77 Å². The van der Waals surface area contributed by atoms with E-state index in [1.54, 1.807) is 12.3 Å². The van der Waals surface area contributed by atoms with Crippen LogP contribution >= 0.6 is 11.3 Å². The molecule has 1 heterocycles. The molecule has 1 aromatic rings. The van der Waals surface area contributed by atoms with Crippen molar-refractivity contribution in [2.45, 2.75) is 31.2 Å². The van der Waals surface area contributed by atoms with Gasteiger partial charge in [-0.3, -0.25) is 0 Å². The Labute approximate surface area is 130 Å². The van der Waals surface area contributed by atoms with Crippen LogP contribution in [0.3, 0.4) is 0 Å². The molecule has 1 N–H and O–H groups in total. The molecule has 8 heteroatoms. The summed E-state index contributed by atoms with van der Waals surface area (Å²) < 4.78 is 32.2. The third-order valence-electron chi connectivity index (χ3n) is 3.46. The summed E-state index contributed by atoms with van der Waals surface area (Å²) in [5, 5.41) is 1.64. The predicted octanol–water partition coefficient (Wildman–Crippen LogP) is 1.46. The number of methoxy groups -OCH3 is 1. The first-order valence-corrected chi connectivity index (χ1v) is 8.72. The third kappa shape index (κ3) is 4.03. The molecular weight excluding hydrogens is 312 g/mol. The molecule has 0 aliphatic rings. The first-order valence-electron chi connectivity index (χ1n) is 6.36. The summed E-state index contributed by atoms with van der Waals surface area (Å²) in [4.78, 5) is 13.7. The van der Waals surface area contributed by atoms with Crippen LogP contribution in [0.2, 0.25) is 0 Å². The lowest BCUT2D eigenvalue weighted by Crippen LogP contribution is -2.48. The van der Waals surface area contributed by atoms with Crippen LogP contribution in [0.25, 0.3) is 0 Å². The van der Waals surface area contributed by atoms with Gasteiger partial charge in [-0.1, -0.05) is 0 Å². The lowest BCUT2D eigenvalue weighted by Gasteiger charge is -2.32. The second-order valence-corrected chi connectivity index (χ2v) is 8.18. The summed E-state index contributed by atoms with van der Waals surface area (Å²) in [7, 11) is 1.22. The Bertz CT molecular complexity index is 618. The molecule has 6 nitrogen and oxygen atoms in total. The minimum absolute atomic E-state index is 0.00825. The topological polar surface area (TPSA) is 75.7 Å². The Morgan fingerprint density at radius 1 is 1.43 bits per heavy atom. The maximum absolute atomic E-state index is 12.5. The van der Waals surface area contributed by atoms with Gasteiger partial charge in [0.15, 0.2) is 0 Å². The van der Waals surface area contributed by atoms with E-state index in [0.717, 1.165) is 11.3 Å². The number of esters is 1. The van der Waals surface area contributed by atoms with Crippen molar-refractivity contribution in [2.24, 2.45) is 0 Å². The Morgan fingerprint density at radius 3 is 2.48 bits per heavy atom. The maximum Gasteiger partial charge on any atom is 0.349 e. The van der Waals surface area contributed by atoms with Gasteiger partial charge in [0, 0.05) is 12.1 Å². The Kier molecular flexibility index (Phi) is 5.54. The van der Waals surface area contributed by atoms with E-state index in [1.165, 1.54) is 7.11 Å². The van der Waals surface area contributed by atoms with Crippen LogP contribution in [-0.4, -0.2) is 52.6 Å². The highest BCUT2D eigenvalue weighted by molar-refractivity contribution is 7.89. The monoisotopic (exact) mass is 334 g/mol. The van der Waals surface area contributed by atoms with Crippen LogP contribution < -0.4 is 4.72 Å². The highest BCUT2D eigenvalue weighted by Gasteiger charge is 2.30. The maximum atomic E-state index is 12.5. The van der Waals surface area contributed by atoms with Crippen LogP contribution in [0.15, 0.2) is 10.3 Å². The standard InChI is InChI=1S/C13H22N2O4S2/c1-9-7-20-10(12(16)19-6)11(9)21(17,18)14-8-13(2,3)15(4)5/h7,14H,8H2,1-6H3. The van der Waals surface area contributed by atoms with E-state index in [1.807, 2.05) is 32.8 Å². The number of hydrogen-bond acceptors (Lipinski definition) is 6. The van der Waals surface area contributed by atoms with Crippen molar-refractivity contribution in [1.29, 1.82) is 0 Å². The molecule has 0 amide bonds. The Hall–Kier alpha value is -0.960. The molecule has 0 aliphatic heterocycles. The molecule has 0 bridgehead atoms. The predicted molar refractivity (Wildman–Crippen MR) is 83.4 cm³/mol. The molecule has 1 rings (SSSR count). The summed E-state index contributed by atoms with van der Waals surface area (Å²) in [5.41, 5.74) is 0.193. The third-order valence-corrected chi connectivity index (χ3v) is 6.26. The number of likely N-dealkylation sites (N-methyl/N-ethyl adjacent to an activating group) is 1. The molecular formula is C13H22N2O4S2. The number of nitrogens with one attached hydrogen (secondary N) is 1. The Balaban J connectivity index is 3.10. The number of thiophene rings is 1. The van der Waals surface area contributed by atoms with Gasteiger partial charge in [-0.05, 0) is 45.8 Å². The van der Waals surface area contributed by atoms with Crippen molar-refractivity contribution in [3.05, 3.63) is 15.8 Å². The minimum atomic E-state index is -3.77. The SMILES string of the molecule is COC(=O)c1scc(C)c1S(=O)(=O)NCC(C)(C)N(C)C. The van der Waals surface area contributed by atoms with Gasteiger partial charge < -0.3 is 9.64 Å². The van der Waals surface area contributed by atoms with E-state index in [0.29, 0.717) is 5.56 Å². The molecule has 0 saturated heterocycles. The van der Waals surface area contributed by atoms with Crippen LogP contribution in [0, 0.1) is 6.92 Å². The van der Waals surface area contributed by atoms with Gasteiger partial charge in [-0.25, -0.2) is 17.9 Å². The van der Waals surface area contributed by atoms with Crippen molar-refractivity contribution in [3.8, 4) is 0 Å². The van der Waals surface area contributed by atoms with Crippen molar-refractivity contribution < 1.29 is 17.9 Å². The van der Waals surface area contributed by atoms with E-state index >= 15 is 0 Å². The quantitative estimate of drug-likeness (QED) is 0.797. The zero-order chi connectivity index (χ0) is 16.4. The lowest BCUT2D eigenvalue weighted by atomic mass is 10.1. The fourth-order valence-electron chi connectivity index (χ4n) is 1.50. The van der Waals surface area contributed by atoms with Gasteiger partial charge in [0.25, 0.3) is 0 Å². The summed E-state index contributed by atoms with van der Waals surface area (Å²) in [6, 6.07) is 0. The average molecular weight is 334 g/mol. The molecule has 120 valence electrons. The van der Waals surface area contributed by atoms with Crippen LogP contribution in [0.4, 0.5) is 0 Å². The number of carbonyl (C=O) groups excluding carboxylic acids is 1. The summed E-state index contributed by atoms with van der Waals surface area (Å²) in [5.74, 6) is -0.639. The molecule has 0 saturated carbocycles. The van der Waals surface area contributed by atoms with E-state index < -0.39 is 16.0 Å². The van der Waals surface area contributed by atoms with Gasteiger partial charge in [-0.15, -0.1) is 11.3 Å². The van der Waals surface area contributed by atoms with Gasteiger partial charge >= 0.3 is 5.97 Å². The molecule has 1 aromatic heterocycles. The van der Waals surface area contributed by atoms with Gasteiger partial charge in [-0.2, -0.15) is 0 Å². The van der Waals surface area contributed by atoms with Gasteiger partial charge in [0.05, 0.1) is 7.11 Å². The zero-order valence-corrected chi connectivity index (χ0v) is 14.8. The lowest BCUT2D eigenvalue weighted by molar-refractivity contribution is 0.0602. The molecule has 0 aliphatic carbocycles. The van der Waals surface area contributed by atoms with Crippen molar-refractivity contribution in [3.63, 3.8) is 0 Å². The van der Waals surface area contributed by atoms with E-state index in [4.69, 9.17) is 0 Å². The second-order valence-electron chi connectivity index (χ2n) is 5.60. The van der Waals surface area contributed by atoms with E-state index in [9.17, 15) is 13.2 Å². The number of rotatable bonds is 6. The Morgan fingerprint density at radius 2 is 2.00 bits per heavy atom. The van der Waals surface area contributed by atoms with E-state index in [2.05, 4.69) is 9.46 Å². The molecule has 0 aromatic carbocycles. The number of ether oxygens (including phenoxy) is 1. The smallest absolute Gasteiger partial charge is 0.349 e. The fourth-order valence-corrected chi connectivity index (χ4v) is 4.41. The van der Waals surface area contributed by atoms with E-state index in [-0.39, 0.29) is 21.9 Å². The summed E-state index contributed by atoms with van der Waals surface area (Å²) in [6.45, 7) is 5.75. The number of aryl methyl sites for hydroxylation is 1. The largest absolute Gasteiger partial charge is 0.465 e. The molecule has 0 unspecified atom stereocenters. The van der Waals surface area contributed by atoms with Crippen LogP contribution in [0.1, 0.15) is 29.1 Å². The van der Waals surface area contributed by atoms with Crippen molar-refractivity contribution in [2.75, 3.05) is 27.7 Å². The first-order chi connectivity index (χ1) is 9.53. The summed E-state index contributed by atoms with van der Waals surface area (Å²) in [6.07, 6.45) is 0. The molecule has 0 spiro atoms.